The van der Waals surface area contributed by atoms with E-state index in [4.69, 9.17) is 0 Å². The molecule has 1 fully saturated rings. The Balaban J connectivity index is 2.20. The topological polar surface area (TPSA) is 44.4 Å². The molecule has 0 bridgehead atoms. The van der Waals surface area contributed by atoms with Gasteiger partial charge in [-0.2, -0.15) is 0 Å². The molecule has 0 unspecified atom stereocenters. The summed E-state index contributed by atoms with van der Waals surface area (Å²) >= 11 is 0. The zero-order chi connectivity index (χ0) is 10.2. The summed E-state index contributed by atoms with van der Waals surface area (Å²) in [6.45, 7) is 7.56. The number of amides is 1. The van der Waals surface area contributed by atoms with E-state index in [0.717, 1.165) is 45.7 Å². The first-order valence-corrected chi connectivity index (χ1v) is 5.54. The Morgan fingerprint density at radius 2 is 2.29 bits per heavy atom. The molecule has 1 aliphatic heterocycles. The van der Waals surface area contributed by atoms with Crippen molar-refractivity contribution >= 4 is 5.91 Å². The van der Waals surface area contributed by atoms with Crippen molar-refractivity contribution < 1.29 is 4.79 Å². The van der Waals surface area contributed by atoms with Gasteiger partial charge in [0.1, 0.15) is 0 Å². The lowest BCUT2D eigenvalue weighted by atomic mass is 10.3. The minimum Gasteiger partial charge on any atom is -0.341 e. The standard InChI is InChI=1S/C10H21N3O/c1-2-11-6-4-10(14)13-8-3-5-12-7-9-13/h11-12H,2-9H2,1H3. The van der Waals surface area contributed by atoms with Crippen LogP contribution in [0.2, 0.25) is 0 Å². The summed E-state index contributed by atoms with van der Waals surface area (Å²) in [5, 5.41) is 6.46. The van der Waals surface area contributed by atoms with Crippen LogP contribution in [0.1, 0.15) is 19.8 Å². The molecule has 0 spiro atoms. The smallest absolute Gasteiger partial charge is 0.223 e. The van der Waals surface area contributed by atoms with Gasteiger partial charge in [-0.3, -0.25) is 4.79 Å². The Morgan fingerprint density at radius 3 is 3.07 bits per heavy atom. The zero-order valence-corrected chi connectivity index (χ0v) is 9.01. The maximum absolute atomic E-state index is 11.7. The van der Waals surface area contributed by atoms with Crippen LogP contribution in [0.5, 0.6) is 0 Å². The number of nitrogens with zero attached hydrogens (tertiary/aromatic N) is 1. The molecule has 0 atom stereocenters. The number of carbonyl (C=O) groups is 1. The predicted molar refractivity (Wildman–Crippen MR) is 57.2 cm³/mol. The van der Waals surface area contributed by atoms with Gasteiger partial charge in [0.05, 0.1) is 0 Å². The third-order valence-corrected chi connectivity index (χ3v) is 2.46. The highest BCUT2D eigenvalue weighted by molar-refractivity contribution is 5.76. The average Bonchev–Trinajstić information content (AvgIpc) is 2.46. The normalized spacial score (nSPS) is 17.9. The first-order chi connectivity index (χ1) is 6.84. The summed E-state index contributed by atoms with van der Waals surface area (Å²) in [7, 11) is 0. The van der Waals surface area contributed by atoms with E-state index >= 15 is 0 Å². The van der Waals surface area contributed by atoms with Gasteiger partial charge in [0, 0.05) is 32.6 Å². The van der Waals surface area contributed by atoms with Crippen molar-refractivity contribution in [2.45, 2.75) is 19.8 Å². The second-order valence-corrected chi connectivity index (χ2v) is 3.59. The van der Waals surface area contributed by atoms with Crippen molar-refractivity contribution in [1.29, 1.82) is 0 Å². The minimum absolute atomic E-state index is 0.287. The third kappa shape index (κ3) is 4.07. The summed E-state index contributed by atoms with van der Waals surface area (Å²) < 4.78 is 0. The predicted octanol–water partition coefficient (Wildman–Crippen LogP) is -0.192. The van der Waals surface area contributed by atoms with Crippen molar-refractivity contribution in [3.8, 4) is 0 Å². The fourth-order valence-corrected chi connectivity index (χ4v) is 1.63. The van der Waals surface area contributed by atoms with E-state index in [1.54, 1.807) is 0 Å². The van der Waals surface area contributed by atoms with Gasteiger partial charge in [-0.05, 0) is 19.5 Å². The fraction of sp³-hybridized carbons (Fsp3) is 0.900. The molecule has 0 aromatic carbocycles. The Hall–Kier alpha value is -0.610. The second kappa shape index (κ2) is 6.79. The molecule has 4 heteroatoms. The van der Waals surface area contributed by atoms with E-state index in [9.17, 15) is 4.79 Å². The van der Waals surface area contributed by atoms with Gasteiger partial charge in [0.25, 0.3) is 0 Å². The second-order valence-electron chi connectivity index (χ2n) is 3.59. The first-order valence-electron chi connectivity index (χ1n) is 5.54. The Bertz CT molecular complexity index is 165. The maximum atomic E-state index is 11.7. The SMILES string of the molecule is CCNCCC(=O)N1CCCNCC1. The van der Waals surface area contributed by atoms with Crippen LogP contribution >= 0.6 is 0 Å². The van der Waals surface area contributed by atoms with Crippen LogP contribution in [0.4, 0.5) is 0 Å². The Morgan fingerprint density at radius 1 is 1.43 bits per heavy atom. The fourth-order valence-electron chi connectivity index (χ4n) is 1.63. The first kappa shape index (κ1) is 11.5. The average molecular weight is 199 g/mol. The number of hydrogen-bond donors (Lipinski definition) is 2. The van der Waals surface area contributed by atoms with E-state index < -0.39 is 0 Å². The van der Waals surface area contributed by atoms with Crippen LogP contribution in [0.25, 0.3) is 0 Å². The van der Waals surface area contributed by atoms with Gasteiger partial charge in [-0.1, -0.05) is 6.92 Å². The van der Waals surface area contributed by atoms with Crippen molar-refractivity contribution in [3.63, 3.8) is 0 Å². The molecule has 0 aromatic rings. The molecule has 4 nitrogen and oxygen atoms in total. The zero-order valence-electron chi connectivity index (χ0n) is 9.01. The van der Waals surface area contributed by atoms with Gasteiger partial charge < -0.3 is 15.5 Å². The van der Waals surface area contributed by atoms with Crippen LogP contribution in [0.3, 0.4) is 0 Å². The molecule has 1 rings (SSSR count). The van der Waals surface area contributed by atoms with Gasteiger partial charge >= 0.3 is 0 Å². The highest BCUT2D eigenvalue weighted by Crippen LogP contribution is 1.98. The molecule has 82 valence electrons. The maximum Gasteiger partial charge on any atom is 0.223 e. The number of rotatable bonds is 4. The highest BCUT2D eigenvalue weighted by Gasteiger charge is 2.13. The molecule has 1 saturated heterocycles. The lowest BCUT2D eigenvalue weighted by Gasteiger charge is -2.19. The van der Waals surface area contributed by atoms with Crippen molar-refractivity contribution in [3.05, 3.63) is 0 Å². The van der Waals surface area contributed by atoms with Gasteiger partial charge in [-0.15, -0.1) is 0 Å². The number of hydrogen-bond acceptors (Lipinski definition) is 3. The van der Waals surface area contributed by atoms with Crippen molar-refractivity contribution in [2.24, 2.45) is 0 Å². The molecule has 14 heavy (non-hydrogen) atoms. The summed E-state index contributed by atoms with van der Waals surface area (Å²) in [6.07, 6.45) is 1.71. The lowest BCUT2D eigenvalue weighted by Crippen LogP contribution is -2.35. The quantitative estimate of drug-likeness (QED) is 0.617. The number of nitrogens with one attached hydrogen (secondary N) is 2. The molecular formula is C10H21N3O. The third-order valence-electron chi connectivity index (χ3n) is 2.46. The van der Waals surface area contributed by atoms with Gasteiger partial charge in [0.15, 0.2) is 0 Å². The molecule has 0 radical (unpaired) electrons. The Kier molecular flexibility index (Phi) is 5.56. The Labute approximate surface area is 86.0 Å². The van der Waals surface area contributed by atoms with Crippen LogP contribution in [0.15, 0.2) is 0 Å². The molecule has 1 aliphatic rings. The minimum atomic E-state index is 0.287. The molecular weight excluding hydrogens is 178 g/mol. The van der Waals surface area contributed by atoms with Crippen LogP contribution in [-0.4, -0.2) is 50.1 Å². The monoisotopic (exact) mass is 199 g/mol. The largest absolute Gasteiger partial charge is 0.341 e. The van der Waals surface area contributed by atoms with E-state index in [1.165, 1.54) is 0 Å². The molecule has 0 aliphatic carbocycles. The highest BCUT2D eigenvalue weighted by atomic mass is 16.2. The number of carbonyl (C=O) groups excluding carboxylic acids is 1. The summed E-state index contributed by atoms with van der Waals surface area (Å²) in [5.41, 5.74) is 0. The van der Waals surface area contributed by atoms with Crippen molar-refractivity contribution in [2.75, 3.05) is 39.3 Å². The van der Waals surface area contributed by atoms with E-state index in [0.29, 0.717) is 6.42 Å². The molecule has 2 N–H and O–H groups in total. The summed E-state index contributed by atoms with van der Waals surface area (Å²) in [6, 6.07) is 0. The van der Waals surface area contributed by atoms with Gasteiger partial charge in [-0.25, -0.2) is 0 Å². The van der Waals surface area contributed by atoms with Gasteiger partial charge in [0.2, 0.25) is 5.91 Å². The summed E-state index contributed by atoms with van der Waals surface area (Å²) in [4.78, 5) is 13.7. The van der Waals surface area contributed by atoms with E-state index in [-0.39, 0.29) is 5.91 Å². The molecule has 1 amide bonds. The van der Waals surface area contributed by atoms with Crippen molar-refractivity contribution in [1.82, 2.24) is 15.5 Å². The van der Waals surface area contributed by atoms with Crippen LogP contribution in [-0.2, 0) is 4.79 Å². The molecule has 1 heterocycles. The molecule has 0 aromatic heterocycles. The van der Waals surface area contributed by atoms with E-state index in [2.05, 4.69) is 17.6 Å². The lowest BCUT2D eigenvalue weighted by molar-refractivity contribution is -0.130. The van der Waals surface area contributed by atoms with Crippen LogP contribution < -0.4 is 10.6 Å². The van der Waals surface area contributed by atoms with Crippen LogP contribution in [0, 0.1) is 0 Å². The molecule has 0 saturated carbocycles. The summed E-state index contributed by atoms with van der Waals surface area (Å²) in [5.74, 6) is 0.287. The van der Waals surface area contributed by atoms with E-state index in [1.807, 2.05) is 4.90 Å².